The van der Waals surface area contributed by atoms with E-state index in [1.165, 1.54) is 5.56 Å². The fourth-order valence-electron chi connectivity index (χ4n) is 2.99. The van der Waals surface area contributed by atoms with Gasteiger partial charge in [-0.25, -0.2) is 0 Å². The van der Waals surface area contributed by atoms with Gasteiger partial charge >= 0.3 is 0 Å². The quantitative estimate of drug-likeness (QED) is 0.737. The molecular formula is C21H24N4O. The van der Waals surface area contributed by atoms with Crippen LogP contribution in [0.5, 0.6) is 0 Å². The molecule has 0 atom stereocenters. The second-order valence-corrected chi connectivity index (χ2v) is 6.65. The van der Waals surface area contributed by atoms with Crippen molar-refractivity contribution in [1.82, 2.24) is 20.1 Å². The summed E-state index contributed by atoms with van der Waals surface area (Å²) in [5.41, 5.74) is 4.05. The normalized spacial score (nSPS) is 10.9. The van der Waals surface area contributed by atoms with E-state index >= 15 is 0 Å². The summed E-state index contributed by atoms with van der Waals surface area (Å²) in [5.74, 6) is 0.810. The number of amides is 1. The molecule has 0 radical (unpaired) electrons. The van der Waals surface area contributed by atoms with E-state index in [-0.39, 0.29) is 5.91 Å². The van der Waals surface area contributed by atoms with Gasteiger partial charge in [0.1, 0.15) is 12.2 Å². The Labute approximate surface area is 154 Å². The lowest BCUT2D eigenvalue weighted by Crippen LogP contribution is -2.26. The fraction of sp³-hybridized carbons (Fsp3) is 0.286. The van der Waals surface area contributed by atoms with Crippen molar-refractivity contribution in [3.63, 3.8) is 0 Å². The average molecular weight is 348 g/mol. The van der Waals surface area contributed by atoms with E-state index < -0.39 is 0 Å². The molecule has 0 saturated carbocycles. The van der Waals surface area contributed by atoms with Crippen molar-refractivity contribution in [2.24, 2.45) is 0 Å². The van der Waals surface area contributed by atoms with E-state index in [9.17, 15) is 4.79 Å². The zero-order valence-electron chi connectivity index (χ0n) is 15.4. The third-order valence-electron chi connectivity index (χ3n) is 4.42. The summed E-state index contributed by atoms with van der Waals surface area (Å²) in [4.78, 5) is 12.5. The van der Waals surface area contributed by atoms with Crippen LogP contribution < -0.4 is 5.32 Å². The number of nitrogens with one attached hydrogen (secondary N) is 1. The van der Waals surface area contributed by atoms with Crippen molar-refractivity contribution < 1.29 is 4.79 Å². The molecule has 0 spiro atoms. The molecule has 1 aromatic heterocycles. The number of carbonyl (C=O) groups is 1. The minimum absolute atomic E-state index is 0.0731. The maximum Gasteiger partial charge on any atom is 0.251 e. The Kier molecular flexibility index (Phi) is 5.46. The molecular weight excluding hydrogens is 324 g/mol. The van der Waals surface area contributed by atoms with E-state index in [1.54, 1.807) is 6.33 Å². The van der Waals surface area contributed by atoms with Crippen molar-refractivity contribution in [1.29, 1.82) is 0 Å². The maximum atomic E-state index is 12.5. The van der Waals surface area contributed by atoms with Crippen LogP contribution in [-0.2, 0) is 6.42 Å². The third kappa shape index (κ3) is 3.99. The highest BCUT2D eigenvalue weighted by Gasteiger charge is 2.10. The summed E-state index contributed by atoms with van der Waals surface area (Å²) in [7, 11) is 0. The molecule has 0 unspecified atom stereocenters. The molecule has 5 nitrogen and oxygen atoms in total. The first-order chi connectivity index (χ1) is 12.6. The van der Waals surface area contributed by atoms with Crippen LogP contribution in [-0.4, -0.2) is 27.2 Å². The van der Waals surface area contributed by atoms with E-state index in [2.05, 4.69) is 48.4 Å². The van der Waals surface area contributed by atoms with Crippen molar-refractivity contribution in [2.45, 2.75) is 33.2 Å². The van der Waals surface area contributed by atoms with Crippen molar-refractivity contribution >= 4 is 5.91 Å². The first-order valence-corrected chi connectivity index (χ1v) is 8.89. The van der Waals surface area contributed by atoms with Gasteiger partial charge in [0, 0.05) is 24.6 Å². The molecule has 1 amide bonds. The number of aromatic nitrogens is 3. The Bertz CT molecular complexity index is 898. The van der Waals surface area contributed by atoms with Gasteiger partial charge in [0.05, 0.1) is 0 Å². The van der Waals surface area contributed by atoms with Gasteiger partial charge in [-0.1, -0.05) is 36.4 Å². The zero-order chi connectivity index (χ0) is 18.5. The van der Waals surface area contributed by atoms with Crippen molar-refractivity contribution in [3.05, 3.63) is 71.8 Å². The Morgan fingerprint density at radius 1 is 1.15 bits per heavy atom. The number of nitrogens with zero attached hydrogens (tertiary/aromatic N) is 3. The summed E-state index contributed by atoms with van der Waals surface area (Å²) in [6.45, 7) is 6.77. The topological polar surface area (TPSA) is 59.8 Å². The van der Waals surface area contributed by atoms with Crippen LogP contribution in [0.15, 0.2) is 54.9 Å². The molecule has 3 rings (SSSR count). The molecule has 5 heteroatoms. The van der Waals surface area contributed by atoms with Crippen LogP contribution in [0.2, 0.25) is 0 Å². The lowest BCUT2D eigenvalue weighted by Gasteiger charge is -2.11. The average Bonchev–Trinajstić information content (AvgIpc) is 3.11. The largest absolute Gasteiger partial charge is 0.352 e. The van der Waals surface area contributed by atoms with Crippen LogP contribution in [0, 0.1) is 6.92 Å². The standard InChI is InChI=1S/C21H24N4O/c1-15(2)25-14-23-24-20(25)11-12-22-21(26)18-9-6-8-17(13-18)19-10-5-4-7-16(19)3/h4-10,13-15H,11-12H2,1-3H3,(H,22,26). The predicted molar refractivity (Wildman–Crippen MR) is 103 cm³/mol. The van der Waals surface area contributed by atoms with Crippen molar-refractivity contribution in [2.75, 3.05) is 6.54 Å². The van der Waals surface area contributed by atoms with E-state index in [0.717, 1.165) is 17.0 Å². The van der Waals surface area contributed by atoms with Gasteiger partial charge in [-0.2, -0.15) is 0 Å². The van der Waals surface area contributed by atoms with Gasteiger partial charge in [-0.05, 0) is 49.6 Å². The van der Waals surface area contributed by atoms with E-state index in [0.29, 0.717) is 24.6 Å². The number of hydrogen-bond donors (Lipinski definition) is 1. The highest BCUT2D eigenvalue weighted by Crippen LogP contribution is 2.23. The fourth-order valence-corrected chi connectivity index (χ4v) is 2.99. The molecule has 0 fully saturated rings. The molecule has 0 aliphatic heterocycles. The molecule has 0 aliphatic rings. The number of benzene rings is 2. The monoisotopic (exact) mass is 348 g/mol. The SMILES string of the molecule is Cc1ccccc1-c1cccc(C(=O)NCCc2nncn2C(C)C)c1. The molecule has 0 bridgehead atoms. The van der Waals surface area contributed by atoms with Gasteiger partial charge in [-0.3, -0.25) is 4.79 Å². The van der Waals surface area contributed by atoms with Crippen LogP contribution in [0.25, 0.3) is 11.1 Å². The van der Waals surface area contributed by atoms with Gasteiger partial charge in [0.25, 0.3) is 5.91 Å². The minimum Gasteiger partial charge on any atom is -0.352 e. The first kappa shape index (κ1) is 17.9. The third-order valence-corrected chi connectivity index (χ3v) is 4.42. The second kappa shape index (κ2) is 7.95. The van der Waals surface area contributed by atoms with E-state index in [1.807, 2.05) is 41.0 Å². The number of aryl methyl sites for hydroxylation is 1. The molecule has 0 saturated heterocycles. The summed E-state index contributed by atoms with van der Waals surface area (Å²) in [6, 6.07) is 16.2. The Hall–Kier alpha value is -2.95. The van der Waals surface area contributed by atoms with Crippen LogP contribution >= 0.6 is 0 Å². The first-order valence-electron chi connectivity index (χ1n) is 8.89. The molecule has 0 aliphatic carbocycles. The predicted octanol–water partition coefficient (Wildman–Crippen LogP) is 3.81. The Morgan fingerprint density at radius 3 is 2.73 bits per heavy atom. The van der Waals surface area contributed by atoms with E-state index in [4.69, 9.17) is 0 Å². The smallest absolute Gasteiger partial charge is 0.251 e. The van der Waals surface area contributed by atoms with Gasteiger partial charge in [0.2, 0.25) is 0 Å². The second-order valence-electron chi connectivity index (χ2n) is 6.65. The highest BCUT2D eigenvalue weighted by atomic mass is 16.1. The lowest BCUT2D eigenvalue weighted by atomic mass is 9.99. The van der Waals surface area contributed by atoms with Gasteiger partial charge < -0.3 is 9.88 Å². The van der Waals surface area contributed by atoms with Crippen molar-refractivity contribution in [3.8, 4) is 11.1 Å². The summed E-state index contributed by atoms with van der Waals surface area (Å²) >= 11 is 0. The number of carbonyl (C=O) groups excluding carboxylic acids is 1. The van der Waals surface area contributed by atoms with Crippen LogP contribution in [0.3, 0.4) is 0 Å². The Balaban J connectivity index is 1.66. The summed E-state index contributed by atoms with van der Waals surface area (Å²) < 4.78 is 2.02. The molecule has 134 valence electrons. The Morgan fingerprint density at radius 2 is 1.96 bits per heavy atom. The maximum absolute atomic E-state index is 12.5. The molecule has 2 aromatic carbocycles. The summed E-state index contributed by atoms with van der Waals surface area (Å²) in [5, 5.41) is 11.1. The lowest BCUT2D eigenvalue weighted by molar-refractivity contribution is 0.0954. The van der Waals surface area contributed by atoms with Gasteiger partial charge in [0.15, 0.2) is 0 Å². The van der Waals surface area contributed by atoms with Crippen LogP contribution in [0.1, 0.15) is 41.6 Å². The molecule has 1 N–H and O–H groups in total. The minimum atomic E-state index is -0.0731. The highest BCUT2D eigenvalue weighted by molar-refractivity contribution is 5.95. The number of hydrogen-bond acceptors (Lipinski definition) is 3. The number of rotatable bonds is 6. The molecule has 1 heterocycles. The molecule has 26 heavy (non-hydrogen) atoms. The summed E-state index contributed by atoms with van der Waals surface area (Å²) in [6.07, 6.45) is 2.38. The molecule has 3 aromatic rings. The van der Waals surface area contributed by atoms with Crippen LogP contribution in [0.4, 0.5) is 0 Å². The van der Waals surface area contributed by atoms with Gasteiger partial charge in [-0.15, -0.1) is 10.2 Å². The zero-order valence-corrected chi connectivity index (χ0v) is 15.4.